The molecule has 0 amide bonds. The van der Waals surface area contributed by atoms with Crippen LogP contribution in [0.5, 0.6) is 11.5 Å². The predicted octanol–water partition coefficient (Wildman–Crippen LogP) is 3.16. The van der Waals surface area contributed by atoms with Gasteiger partial charge in [-0.15, -0.1) is 11.3 Å². The van der Waals surface area contributed by atoms with Gasteiger partial charge in [-0.3, -0.25) is 4.79 Å². The summed E-state index contributed by atoms with van der Waals surface area (Å²) >= 11 is 7.39. The van der Waals surface area contributed by atoms with Crippen LogP contribution in [0.4, 0.5) is 5.82 Å². The molecule has 3 aromatic heterocycles. The molecule has 5 atom stereocenters. The lowest BCUT2D eigenvalue weighted by Crippen LogP contribution is -2.38. The summed E-state index contributed by atoms with van der Waals surface area (Å²) in [6.45, 7) is 2.37. The van der Waals surface area contributed by atoms with Crippen LogP contribution in [0.1, 0.15) is 35.7 Å². The number of anilines is 1. The van der Waals surface area contributed by atoms with Crippen molar-refractivity contribution in [2.45, 2.75) is 38.0 Å². The summed E-state index contributed by atoms with van der Waals surface area (Å²) in [6, 6.07) is 8.09. The Morgan fingerprint density at radius 2 is 2.10 bits per heavy atom. The second kappa shape index (κ2) is 11.1. The molecule has 1 aromatic carbocycles. The van der Waals surface area contributed by atoms with Crippen LogP contribution in [0.15, 0.2) is 36.7 Å². The van der Waals surface area contributed by atoms with Crippen LogP contribution in [0.3, 0.4) is 0 Å². The smallest absolute Gasteiger partial charge is 0.315 e. The summed E-state index contributed by atoms with van der Waals surface area (Å²) in [5.41, 5.74) is 0.667. The molecule has 2 aliphatic carbocycles. The number of aromatic nitrogens is 4. The molecule has 13 heteroatoms. The molecule has 11 nitrogen and oxygen atoms in total. The summed E-state index contributed by atoms with van der Waals surface area (Å²) < 4.78 is 12.8. The van der Waals surface area contributed by atoms with Crippen molar-refractivity contribution in [3.8, 4) is 23.3 Å². The van der Waals surface area contributed by atoms with E-state index in [0.29, 0.717) is 46.5 Å². The molecule has 0 bridgehead atoms. The monoisotopic (exact) mass is 609 g/mol. The third-order valence-corrected chi connectivity index (χ3v) is 9.04. The normalized spacial score (nSPS) is 24.1. The van der Waals surface area contributed by atoms with Crippen LogP contribution < -0.4 is 10.1 Å². The highest BCUT2D eigenvalue weighted by Gasteiger charge is 2.76. The summed E-state index contributed by atoms with van der Waals surface area (Å²) in [5, 5.41) is 35.2. The minimum atomic E-state index is -1.27. The maximum atomic E-state index is 12.8. The van der Waals surface area contributed by atoms with Crippen molar-refractivity contribution in [2.24, 2.45) is 11.3 Å². The Balaban J connectivity index is 1.34. The van der Waals surface area contributed by atoms with E-state index in [2.05, 4.69) is 32.1 Å². The lowest BCUT2D eigenvalue weighted by Gasteiger charge is -2.23. The maximum absolute atomic E-state index is 12.8. The molecule has 0 spiro atoms. The van der Waals surface area contributed by atoms with Gasteiger partial charge in [0.15, 0.2) is 28.5 Å². The van der Waals surface area contributed by atoms with Gasteiger partial charge in [-0.2, -0.15) is 0 Å². The van der Waals surface area contributed by atoms with Crippen LogP contribution >= 0.6 is 22.9 Å². The van der Waals surface area contributed by atoms with Gasteiger partial charge in [-0.05, 0) is 61.4 Å². The van der Waals surface area contributed by atoms with Crippen LogP contribution in [-0.4, -0.2) is 73.3 Å². The van der Waals surface area contributed by atoms with Crippen LogP contribution in [0, 0.1) is 23.2 Å². The van der Waals surface area contributed by atoms with Crippen molar-refractivity contribution < 1.29 is 29.6 Å². The number of halogens is 1. The van der Waals surface area contributed by atoms with Gasteiger partial charge in [-0.25, -0.2) is 15.0 Å². The minimum absolute atomic E-state index is 0.0642. The molecule has 6 rings (SSSR count). The number of phenols is 1. The molecule has 2 aliphatic rings. The molecule has 4 aromatic rings. The quantitative estimate of drug-likeness (QED) is 0.173. The van der Waals surface area contributed by atoms with E-state index in [9.17, 15) is 20.1 Å². The lowest BCUT2D eigenvalue weighted by molar-refractivity contribution is -0.156. The average molecular weight is 610 g/mol. The molecule has 0 aliphatic heterocycles. The lowest BCUT2D eigenvalue weighted by atomic mass is 9.99. The molecule has 4 N–H and O–H groups in total. The van der Waals surface area contributed by atoms with E-state index in [4.69, 9.17) is 21.1 Å². The summed E-state index contributed by atoms with van der Waals surface area (Å²) in [6.07, 6.45) is 0.0470. The predicted molar refractivity (Wildman–Crippen MR) is 156 cm³/mol. The van der Waals surface area contributed by atoms with Gasteiger partial charge in [0.25, 0.3) is 0 Å². The Kier molecular flexibility index (Phi) is 7.44. The second-order valence-corrected chi connectivity index (χ2v) is 12.0. The van der Waals surface area contributed by atoms with Gasteiger partial charge in [0, 0.05) is 12.5 Å². The van der Waals surface area contributed by atoms with Gasteiger partial charge in [-0.1, -0.05) is 17.7 Å². The largest absolute Gasteiger partial charge is 0.504 e. The molecule has 0 radical (unpaired) electrons. The van der Waals surface area contributed by atoms with Gasteiger partial charge >= 0.3 is 5.97 Å². The highest BCUT2D eigenvalue weighted by molar-refractivity contribution is 7.16. The van der Waals surface area contributed by atoms with Gasteiger partial charge in [0.1, 0.15) is 11.5 Å². The van der Waals surface area contributed by atoms with Crippen LogP contribution in [0.25, 0.3) is 11.2 Å². The zero-order valence-electron chi connectivity index (χ0n) is 22.7. The fourth-order valence-corrected chi connectivity index (χ4v) is 6.69. The number of fused-ring (bicyclic) bond motifs is 2. The number of nitrogens with one attached hydrogen (secondary N) is 1. The van der Waals surface area contributed by atoms with E-state index in [0.717, 1.165) is 10.4 Å². The maximum Gasteiger partial charge on any atom is 0.315 e. The first kappa shape index (κ1) is 28.2. The molecular formula is C29H28ClN5O6S. The first-order chi connectivity index (χ1) is 20.3. The molecule has 218 valence electrons. The number of carbonyl (C=O) groups excluding carboxylic acids is 1. The summed E-state index contributed by atoms with van der Waals surface area (Å²) in [5.74, 6) is 6.31. The third-order valence-electron chi connectivity index (χ3n) is 7.89. The Labute approximate surface area is 250 Å². The average Bonchev–Trinajstić information content (AvgIpc) is 3.22. The zero-order valence-corrected chi connectivity index (χ0v) is 24.3. The molecule has 3 heterocycles. The number of ether oxygens (including phenoxy) is 2. The summed E-state index contributed by atoms with van der Waals surface area (Å²) in [7, 11) is 1.50. The SMILES string of the molecule is CCOC(=O)[C@@]12C[C@@H]1[C@@H](n1cnc3c(NCCc4ccc(O)c(OC)c4)nc(C#Cc4ccc(Cl)s4)nc31)[C@H](O)[C@@H]2O. The first-order valence-corrected chi connectivity index (χ1v) is 14.6. The Hall–Kier alpha value is -3.89. The fraction of sp³-hybridized carbons (Fsp3) is 0.379. The van der Waals surface area contributed by atoms with Crippen LogP contribution in [-0.2, 0) is 16.0 Å². The molecular weight excluding hydrogens is 582 g/mol. The second-order valence-electron chi connectivity index (χ2n) is 10.3. The van der Waals surface area contributed by atoms with Crippen molar-refractivity contribution in [3.05, 3.63) is 57.3 Å². The number of hydrogen-bond donors (Lipinski definition) is 4. The number of aromatic hydroxyl groups is 1. The standard InChI is InChI=1S/C29H28ClN5O6S/c1-3-41-28(39)29-13-17(29)23(24(37)25(29)38)35-14-32-22-26(31-11-10-15-4-7-18(36)19(12-15)40-2)33-21(34-27(22)35)9-6-16-5-8-20(30)42-16/h4-5,7-8,12,14,17,23-25,36-38H,3,10-11,13H2,1-2H3,(H,31,33,34)/t17-,23-,24+,25+,29+/m1/s1. The molecule has 2 saturated carbocycles. The van der Waals surface area contributed by atoms with Crippen molar-refractivity contribution in [1.82, 2.24) is 19.5 Å². The fourth-order valence-electron chi connectivity index (χ4n) is 5.79. The number of nitrogens with zero attached hydrogens (tertiary/aromatic N) is 4. The molecule has 42 heavy (non-hydrogen) atoms. The Morgan fingerprint density at radius 1 is 1.26 bits per heavy atom. The van der Waals surface area contributed by atoms with Gasteiger partial charge in [0.05, 0.1) is 41.4 Å². The zero-order chi connectivity index (χ0) is 29.6. The number of aliphatic hydroxyl groups excluding tert-OH is 2. The van der Waals surface area contributed by atoms with Crippen molar-refractivity contribution in [1.29, 1.82) is 0 Å². The van der Waals surface area contributed by atoms with E-state index in [1.165, 1.54) is 18.4 Å². The number of methoxy groups -OCH3 is 1. The van der Waals surface area contributed by atoms with E-state index >= 15 is 0 Å². The van der Waals surface area contributed by atoms with Crippen molar-refractivity contribution >= 4 is 45.9 Å². The van der Waals surface area contributed by atoms with E-state index in [1.54, 1.807) is 36.0 Å². The van der Waals surface area contributed by atoms with E-state index in [1.807, 2.05) is 12.1 Å². The van der Waals surface area contributed by atoms with E-state index < -0.39 is 29.6 Å². The van der Waals surface area contributed by atoms with Crippen LogP contribution in [0.2, 0.25) is 4.34 Å². The number of rotatable bonds is 8. The number of thiophene rings is 1. The number of aliphatic hydroxyl groups is 2. The number of benzene rings is 1. The Bertz CT molecular complexity index is 1730. The molecule has 2 fully saturated rings. The van der Waals surface area contributed by atoms with Gasteiger partial charge < -0.3 is 34.7 Å². The minimum Gasteiger partial charge on any atom is -0.504 e. The van der Waals surface area contributed by atoms with E-state index in [-0.39, 0.29) is 24.1 Å². The highest BCUT2D eigenvalue weighted by Crippen LogP contribution is 2.68. The Morgan fingerprint density at radius 3 is 2.83 bits per heavy atom. The number of hydrogen-bond acceptors (Lipinski definition) is 11. The van der Waals surface area contributed by atoms with Crippen molar-refractivity contribution in [3.63, 3.8) is 0 Å². The third kappa shape index (κ3) is 4.82. The molecule has 0 unspecified atom stereocenters. The number of carbonyl (C=O) groups is 1. The van der Waals surface area contributed by atoms with Gasteiger partial charge in [0.2, 0.25) is 5.82 Å². The highest BCUT2D eigenvalue weighted by atomic mass is 35.5. The van der Waals surface area contributed by atoms with Crippen molar-refractivity contribution in [2.75, 3.05) is 25.6 Å². The topological polar surface area (TPSA) is 152 Å². The number of imidazole rings is 1. The number of esters is 1. The summed E-state index contributed by atoms with van der Waals surface area (Å²) in [4.78, 5) is 27.4. The first-order valence-electron chi connectivity index (χ1n) is 13.4. The number of phenolic OH excluding ortho intramolecular Hbond substituents is 1. The molecule has 0 saturated heterocycles.